The van der Waals surface area contributed by atoms with Crippen LogP contribution >= 0.6 is 11.3 Å². The lowest BCUT2D eigenvalue weighted by Gasteiger charge is -2.23. The Morgan fingerprint density at radius 1 is 1.28 bits per heavy atom. The van der Waals surface area contributed by atoms with Crippen LogP contribution in [0.25, 0.3) is 0 Å². The van der Waals surface area contributed by atoms with Gasteiger partial charge in [-0.15, -0.1) is 11.3 Å². The van der Waals surface area contributed by atoms with Crippen molar-refractivity contribution >= 4 is 17.2 Å². The van der Waals surface area contributed by atoms with Crippen molar-refractivity contribution < 1.29 is 9.53 Å². The third kappa shape index (κ3) is 3.28. The molecule has 3 heterocycles. The molecule has 2 saturated heterocycles. The predicted molar refractivity (Wildman–Crippen MR) is 97.5 cm³/mol. The number of ether oxygens (including phenoxy) is 1. The molecule has 2 aromatic rings. The van der Waals surface area contributed by atoms with Gasteiger partial charge in [0, 0.05) is 31.2 Å². The third-order valence-electron chi connectivity index (χ3n) is 5.38. The molecule has 0 saturated carbocycles. The highest BCUT2D eigenvalue weighted by Gasteiger charge is 2.50. The third-order valence-corrected chi connectivity index (χ3v) is 6.15. The monoisotopic (exact) mass is 357 g/mol. The molecule has 0 unspecified atom stereocenters. The Hall–Kier alpha value is -1.92. The molecular formula is C19H23N3O2S. The zero-order valence-electron chi connectivity index (χ0n) is 14.5. The van der Waals surface area contributed by atoms with Gasteiger partial charge in [0.15, 0.2) is 0 Å². The van der Waals surface area contributed by atoms with Crippen molar-refractivity contribution in [3.8, 4) is 5.75 Å². The summed E-state index contributed by atoms with van der Waals surface area (Å²) in [4.78, 5) is 21.9. The number of carbonyl (C=O) groups excluding carboxylic acids is 1. The van der Waals surface area contributed by atoms with Gasteiger partial charge < -0.3 is 9.64 Å². The molecule has 0 bridgehead atoms. The second-order valence-electron chi connectivity index (χ2n) is 7.00. The van der Waals surface area contributed by atoms with E-state index in [2.05, 4.69) is 16.0 Å². The molecule has 0 aliphatic carbocycles. The zero-order chi connectivity index (χ0) is 17.3. The minimum atomic E-state index is -0.184. The number of benzene rings is 1. The molecule has 1 aromatic heterocycles. The normalized spacial score (nSPS) is 23.7. The van der Waals surface area contributed by atoms with Gasteiger partial charge in [-0.05, 0) is 37.1 Å². The molecule has 5 nitrogen and oxygen atoms in total. The van der Waals surface area contributed by atoms with Crippen LogP contribution in [0.4, 0.5) is 0 Å². The van der Waals surface area contributed by atoms with E-state index >= 15 is 0 Å². The molecule has 25 heavy (non-hydrogen) atoms. The number of thiazole rings is 1. The summed E-state index contributed by atoms with van der Waals surface area (Å²) in [5.41, 5.74) is 0.943. The van der Waals surface area contributed by atoms with Crippen molar-refractivity contribution in [3.05, 3.63) is 46.4 Å². The van der Waals surface area contributed by atoms with E-state index in [1.807, 2.05) is 34.7 Å². The van der Waals surface area contributed by atoms with Crippen LogP contribution in [-0.4, -0.2) is 47.4 Å². The highest BCUT2D eigenvalue weighted by Crippen LogP contribution is 2.41. The fourth-order valence-electron chi connectivity index (χ4n) is 4.03. The van der Waals surface area contributed by atoms with E-state index in [-0.39, 0.29) is 5.41 Å². The maximum atomic E-state index is 13.1. The first kappa shape index (κ1) is 16.5. The maximum Gasteiger partial charge on any atom is 0.230 e. The van der Waals surface area contributed by atoms with Gasteiger partial charge in [-0.3, -0.25) is 9.69 Å². The van der Waals surface area contributed by atoms with Crippen molar-refractivity contribution in [2.75, 3.05) is 26.7 Å². The molecule has 0 radical (unpaired) electrons. The van der Waals surface area contributed by atoms with Gasteiger partial charge in [0.25, 0.3) is 0 Å². The van der Waals surface area contributed by atoms with E-state index in [0.29, 0.717) is 12.5 Å². The first-order chi connectivity index (χ1) is 12.2. The molecular weight excluding hydrogens is 334 g/mol. The van der Waals surface area contributed by atoms with Crippen LogP contribution in [0.15, 0.2) is 35.8 Å². The molecule has 4 rings (SSSR count). The Bertz CT molecular complexity index is 749. The lowest BCUT2D eigenvalue weighted by Crippen LogP contribution is -2.36. The minimum Gasteiger partial charge on any atom is -0.497 e. The molecule has 1 aromatic carbocycles. The Kier molecular flexibility index (Phi) is 4.48. The molecule has 2 aliphatic heterocycles. The summed E-state index contributed by atoms with van der Waals surface area (Å²) in [6.07, 6.45) is 3.78. The number of nitrogens with zero attached hydrogens (tertiary/aromatic N) is 3. The average molecular weight is 357 g/mol. The van der Waals surface area contributed by atoms with Crippen molar-refractivity contribution in [2.45, 2.75) is 25.9 Å². The Balaban J connectivity index is 1.41. The number of aromatic nitrogens is 1. The van der Waals surface area contributed by atoms with Crippen LogP contribution in [-0.2, 0) is 17.9 Å². The second-order valence-corrected chi connectivity index (χ2v) is 7.97. The Morgan fingerprint density at radius 3 is 2.96 bits per heavy atom. The first-order valence-electron chi connectivity index (χ1n) is 8.72. The molecule has 2 fully saturated rings. The molecule has 1 spiro atoms. The number of hydrogen-bond donors (Lipinski definition) is 0. The lowest BCUT2D eigenvalue weighted by molar-refractivity contribution is -0.136. The Morgan fingerprint density at radius 2 is 2.16 bits per heavy atom. The highest BCUT2D eigenvalue weighted by molar-refractivity contribution is 7.09. The molecule has 2 aliphatic rings. The van der Waals surface area contributed by atoms with E-state index in [1.165, 1.54) is 0 Å². The van der Waals surface area contributed by atoms with Crippen LogP contribution in [0, 0.1) is 5.41 Å². The van der Waals surface area contributed by atoms with Crippen LogP contribution in [0.1, 0.15) is 23.4 Å². The van der Waals surface area contributed by atoms with Crippen LogP contribution in [0.5, 0.6) is 5.75 Å². The second kappa shape index (κ2) is 6.77. The van der Waals surface area contributed by atoms with Crippen LogP contribution in [0.3, 0.4) is 0 Å². The molecule has 6 heteroatoms. The topological polar surface area (TPSA) is 45.7 Å². The summed E-state index contributed by atoms with van der Waals surface area (Å²) < 4.78 is 5.29. The fraction of sp³-hybridized carbons (Fsp3) is 0.474. The number of hydrogen-bond acceptors (Lipinski definition) is 5. The van der Waals surface area contributed by atoms with E-state index < -0.39 is 0 Å². The standard InChI is InChI=1S/C19H23N3O2S/c1-24-16-4-2-3-15(11-16)12-22-9-6-19(18(22)23)5-8-21(14-19)13-17-20-7-10-25-17/h2-4,7,10-11H,5-6,8-9,12-14H2,1H3/t19-/m1/s1. The van der Waals surface area contributed by atoms with Gasteiger partial charge in [-0.1, -0.05) is 12.1 Å². The van der Waals surface area contributed by atoms with E-state index in [0.717, 1.165) is 55.3 Å². The summed E-state index contributed by atoms with van der Waals surface area (Å²) in [5, 5.41) is 3.15. The van der Waals surface area contributed by atoms with Gasteiger partial charge in [0.05, 0.1) is 19.1 Å². The number of methoxy groups -OCH3 is 1. The van der Waals surface area contributed by atoms with Crippen molar-refractivity contribution in [3.63, 3.8) is 0 Å². The van der Waals surface area contributed by atoms with Crippen molar-refractivity contribution in [1.29, 1.82) is 0 Å². The maximum absolute atomic E-state index is 13.1. The number of amides is 1. The molecule has 0 N–H and O–H groups in total. The van der Waals surface area contributed by atoms with E-state index in [9.17, 15) is 4.79 Å². The summed E-state index contributed by atoms with van der Waals surface area (Å²) in [6.45, 7) is 4.23. The molecule has 1 atom stereocenters. The lowest BCUT2D eigenvalue weighted by atomic mass is 9.85. The van der Waals surface area contributed by atoms with E-state index in [4.69, 9.17) is 4.74 Å². The highest BCUT2D eigenvalue weighted by atomic mass is 32.1. The largest absolute Gasteiger partial charge is 0.497 e. The average Bonchev–Trinajstić information content (AvgIpc) is 3.35. The van der Waals surface area contributed by atoms with Crippen LogP contribution in [0.2, 0.25) is 0 Å². The van der Waals surface area contributed by atoms with E-state index in [1.54, 1.807) is 18.4 Å². The predicted octanol–water partition coefficient (Wildman–Crippen LogP) is 2.78. The molecule has 132 valence electrons. The fourth-order valence-corrected chi connectivity index (χ4v) is 4.69. The zero-order valence-corrected chi connectivity index (χ0v) is 15.3. The summed E-state index contributed by atoms with van der Waals surface area (Å²) in [7, 11) is 1.67. The SMILES string of the molecule is COc1cccc(CN2CC[C@@]3(CCN(Cc4nccs4)C3)C2=O)c1. The first-order valence-corrected chi connectivity index (χ1v) is 9.59. The number of rotatable bonds is 5. The Labute approximate surface area is 152 Å². The van der Waals surface area contributed by atoms with Gasteiger partial charge >= 0.3 is 0 Å². The minimum absolute atomic E-state index is 0.184. The van der Waals surface area contributed by atoms with Gasteiger partial charge in [0.2, 0.25) is 5.91 Å². The summed E-state index contributed by atoms with van der Waals surface area (Å²) >= 11 is 1.69. The summed E-state index contributed by atoms with van der Waals surface area (Å²) in [5.74, 6) is 1.16. The van der Waals surface area contributed by atoms with Crippen molar-refractivity contribution in [1.82, 2.24) is 14.8 Å². The van der Waals surface area contributed by atoms with Gasteiger partial charge in [-0.25, -0.2) is 4.98 Å². The number of carbonyl (C=O) groups is 1. The quantitative estimate of drug-likeness (QED) is 0.825. The van der Waals surface area contributed by atoms with Crippen molar-refractivity contribution in [2.24, 2.45) is 5.41 Å². The summed E-state index contributed by atoms with van der Waals surface area (Å²) in [6, 6.07) is 7.99. The molecule has 1 amide bonds. The van der Waals surface area contributed by atoms with Gasteiger partial charge in [0.1, 0.15) is 10.8 Å². The van der Waals surface area contributed by atoms with Gasteiger partial charge in [-0.2, -0.15) is 0 Å². The number of likely N-dealkylation sites (tertiary alicyclic amines) is 2. The smallest absolute Gasteiger partial charge is 0.230 e. The van der Waals surface area contributed by atoms with Crippen LogP contribution < -0.4 is 4.74 Å².